The predicted octanol–water partition coefficient (Wildman–Crippen LogP) is 3.37. The van der Waals surface area contributed by atoms with E-state index in [0.29, 0.717) is 24.0 Å². The van der Waals surface area contributed by atoms with Crippen LogP contribution in [0, 0.1) is 0 Å². The number of ether oxygens (including phenoxy) is 1. The summed E-state index contributed by atoms with van der Waals surface area (Å²) in [5.74, 6) is 1.09. The van der Waals surface area contributed by atoms with E-state index in [1.54, 1.807) is 18.2 Å². The van der Waals surface area contributed by atoms with Gasteiger partial charge in [-0.3, -0.25) is 4.72 Å². The molecule has 0 aromatic heterocycles. The van der Waals surface area contributed by atoms with Crippen LogP contribution >= 0.6 is 0 Å². The topological polar surface area (TPSA) is 58.6 Å². The van der Waals surface area contributed by atoms with Crippen LogP contribution in [0.2, 0.25) is 0 Å². The molecule has 1 aliphatic carbocycles. The van der Waals surface area contributed by atoms with Gasteiger partial charge in [0, 0.05) is 18.8 Å². The third-order valence-corrected chi connectivity index (χ3v) is 6.49. The summed E-state index contributed by atoms with van der Waals surface area (Å²) in [5.41, 5.74) is 4.09. The standard InChI is InChI=1S/C19H22N2O3S/c1-13-3-4-14-5-6-15(11-17(13)14)20-25(22,23)16-7-8-18-19(12-16)24-10-9-21(18)2/h5-8,11-13,20H,3-4,9-10H2,1-2H3. The number of nitrogens with one attached hydrogen (secondary N) is 1. The molecule has 1 aliphatic heterocycles. The predicted molar refractivity (Wildman–Crippen MR) is 99.2 cm³/mol. The first kappa shape index (κ1) is 16.3. The number of nitrogens with zero attached hydrogens (tertiary/aromatic N) is 1. The van der Waals surface area contributed by atoms with E-state index in [9.17, 15) is 8.42 Å². The van der Waals surface area contributed by atoms with Gasteiger partial charge in [-0.05, 0) is 54.2 Å². The second-order valence-electron chi connectivity index (χ2n) is 6.86. The minimum atomic E-state index is -3.65. The Balaban J connectivity index is 1.63. The second kappa shape index (κ2) is 5.95. The maximum Gasteiger partial charge on any atom is 0.262 e. The number of benzene rings is 2. The summed E-state index contributed by atoms with van der Waals surface area (Å²) in [6.07, 6.45) is 2.19. The third kappa shape index (κ3) is 2.95. The first-order valence-electron chi connectivity index (χ1n) is 8.58. The van der Waals surface area contributed by atoms with Crippen LogP contribution in [0.15, 0.2) is 41.3 Å². The summed E-state index contributed by atoms with van der Waals surface area (Å²) in [4.78, 5) is 2.28. The van der Waals surface area contributed by atoms with Crippen molar-refractivity contribution in [1.82, 2.24) is 0 Å². The number of rotatable bonds is 3. The largest absolute Gasteiger partial charge is 0.490 e. The number of sulfonamides is 1. The number of hydrogen-bond donors (Lipinski definition) is 1. The van der Waals surface area contributed by atoms with Crippen LogP contribution in [0.4, 0.5) is 11.4 Å². The van der Waals surface area contributed by atoms with Crippen molar-refractivity contribution in [3.8, 4) is 5.75 Å². The molecule has 5 nitrogen and oxygen atoms in total. The van der Waals surface area contributed by atoms with Gasteiger partial charge < -0.3 is 9.64 Å². The molecule has 4 rings (SSSR count). The minimum Gasteiger partial charge on any atom is -0.490 e. The lowest BCUT2D eigenvalue weighted by Crippen LogP contribution is -2.29. The van der Waals surface area contributed by atoms with E-state index in [4.69, 9.17) is 4.74 Å². The SMILES string of the molecule is CC1CCc2ccc(NS(=O)(=O)c3ccc4c(c3)OCCN4C)cc21. The highest BCUT2D eigenvalue weighted by molar-refractivity contribution is 7.92. The lowest BCUT2D eigenvalue weighted by molar-refractivity contribution is 0.310. The van der Waals surface area contributed by atoms with Crippen molar-refractivity contribution in [1.29, 1.82) is 0 Å². The van der Waals surface area contributed by atoms with Gasteiger partial charge in [0.15, 0.2) is 0 Å². The van der Waals surface area contributed by atoms with Crippen molar-refractivity contribution < 1.29 is 13.2 Å². The van der Waals surface area contributed by atoms with Crippen LogP contribution in [0.5, 0.6) is 5.75 Å². The Morgan fingerprint density at radius 2 is 2.04 bits per heavy atom. The van der Waals surface area contributed by atoms with Gasteiger partial charge >= 0.3 is 0 Å². The molecule has 0 spiro atoms. The smallest absolute Gasteiger partial charge is 0.262 e. The first-order valence-corrected chi connectivity index (χ1v) is 10.1. The fourth-order valence-electron chi connectivity index (χ4n) is 3.59. The molecule has 2 aromatic carbocycles. The van der Waals surface area contributed by atoms with Crippen LogP contribution in [-0.2, 0) is 16.4 Å². The van der Waals surface area contributed by atoms with Crippen LogP contribution in [0.1, 0.15) is 30.4 Å². The zero-order valence-corrected chi connectivity index (χ0v) is 15.3. The molecule has 1 atom stereocenters. The maximum absolute atomic E-state index is 12.8. The molecule has 2 aliphatic rings. The van der Waals surface area contributed by atoms with Crippen molar-refractivity contribution in [2.24, 2.45) is 0 Å². The van der Waals surface area contributed by atoms with Gasteiger partial charge in [-0.1, -0.05) is 13.0 Å². The highest BCUT2D eigenvalue weighted by Crippen LogP contribution is 2.36. The summed E-state index contributed by atoms with van der Waals surface area (Å²) in [6, 6.07) is 10.9. The molecule has 132 valence electrons. The van der Waals surface area contributed by atoms with E-state index in [1.165, 1.54) is 11.1 Å². The van der Waals surface area contributed by atoms with E-state index >= 15 is 0 Å². The molecule has 25 heavy (non-hydrogen) atoms. The van der Waals surface area contributed by atoms with Gasteiger partial charge in [0.05, 0.1) is 17.1 Å². The van der Waals surface area contributed by atoms with Crippen molar-refractivity contribution in [2.75, 3.05) is 29.8 Å². The van der Waals surface area contributed by atoms with E-state index in [1.807, 2.05) is 25.2 Å². The summed E-state index contributed by atoms with van der Waals surface area (Å²) < 4.78 is 33.9. The monoisotopic (exact) mass is 358 g/mol. The second-order valence-corrected chi connectivity index (χ2v) is 8.54. The van der Waals surface area contributed by atoms with Crippen molar-refractivity contribution >= 4 is 21.4 Å². The number of aryl methyl sites for hydroxylation is 1. The highest BCUT2D eigenvalue weighted by atomic mass is 32.2. The quantitative estimate of drug-likeness (QED) is 0.914. The molecular weight excluding hydrogens is 336 g/mol. The number of hydrogen-bond acceptors (Lipinski definition) is 4. The van der Waals surface area contributed by atoms with Gasteiger partial charge in [0.2, 0.25) is 0 Å². The molecule has 0 saturated carbocycles. The van der Waals surface area contributed by atoms with E-state index in [2.05, 4.69) is 16.5 Å². The van der Waals surface area contributed by atoms with Gasteiger partial charge in [0.1, 0.15) is 12.4 Å². The number of fused-ring (bicyclic) bond motifs is 2. The molecule has 6 heteroatoms. The summed E-state index contributed by atoms with van der Waals surface area (Å²) in [5, 5.41) is 0. The molecule has 1 heterocycles. The fraction of sp³-hybridized carbons (Fsp3) is 0.368. The number of anilines is 2. The molecule has 2 aromatic rings. The average Bonchev–Trinajstić information content (AvgIpc) is 2.95. The molecule has 0 fully saturated rings. The third-order valence-electron chi connectivity index (χ3n) is 5.11. The van der Waals surface area contributed by atoms with Gasteiger partial charge in [-0.15, -0.1) is 0 Å². The van der Waals surface area contributed by atoms with E-state index in [0.717, 1.165) is 25.1 Å². The van der Waals surface area contributed by atoms with Gasteiger partial charge in [0.25, 0.3) is 10.0 Å². The summed E-state index contributed by atoms with van der Waals surface area (Å²) >= 11 is 0. The Bertz CT molecular complexity index is 924. The fourth-order valence-corrected chi connectivity index (χ4v) is 4.66. The van der Waals surface area contributed by atoms with Gasteiger partial charge in [-0.25, -0.2) is 8.42 Å². The molecule has 0 saturated heterocycles. The Hall–Kier alpha value is -2.21. The molecule has 0 bridgehead atoms. The van der Waals surface area contributed by atoms with Crippen molar-refractivity contribution in [3.63, 3.8) is 0 Å². The van der Waals surface area contributed by atoms with E-state index in [-0.39, 0.29) is 4.90 Å². The molecule has 0 amide bonds. The van der Waals surface area contributed by atoms with E-state index < -0.39 is 10.0 Å². The Morgan fingerprint density at radius 1 is 1.20 bits per heavy atom. The molecule has 0 radical (unpaired) electrons. The Labute approximate surface area is 148 Å². The highest BCUT2D eigenvalue weighted by Gasteiger charge is 2.22. The van der Waals surface area contributed by atoms with Crippen molar-refractivity contribution in [2.45, 2.75) is 30.6 Å². The first-order chi connectivity index (χ1) is 11.9. The van der Waals surface area contributed by atoms with Crippen LogP contribution < -0.4 is 14.4 Å². The lowest BCUT2D eigenvalue weighted by atomic mass is 10.0. The minimum absolute atomic E-state index is 0.218. The van der Waals surface area contributed by atoms with Gasteiger partial charge in [-0.2, -0.15) is 0 Å². The molecule has 1 unspecified atom stereocenters. The maximum atomic E-state index is 12.8. The molecule has 1 N–H and O–H groups in total. The summed E-state index contributed by atoms with van der Waals surface area (Å²) in [7, 11) is -1.68. The van der Waals surface area contributed by atoms with Crippen LogP contribution in [0.25, 0.3) is 0 Å². The summed E-state index contributed by atoms with van der Waals surface area (Å²) in [6.45, 7) is 3.54. The molecular formula is C19H22N2O3S. The lowest BCUT2D eigenvalue weighted by Gasteiger charge is -2.27. The average molecular weight is 358 g/mol. The van der Waals surface area contributed by atoms with Crippen LogP contribution in [0.3, 0.4) is 0 Å². The van der Waals surface area contributed by atoms with Crippen molar-refractivity contribution in [3.05, 3.63) is 47.5 Å². The zero-order valence-electron chi connectivity index (χ0n) is 14.5. The zero-order chi connectivity index (χ0) is 17.6. The van der Waals surface area contributed by atoms with Crippen LogP contribution in [-0.4, -0.2) is 28.6 Å². The number of likely N-dealkylation sites (N-methyl/N-ethyl adjacent to an activating group) is 1. The Morgan fingerprint density at radius 3 is 2.88 bits per heavy atom. The Kier molecular flexibility index (Phi) is 3.87. The normalized spacial score (nSPS) is 19.1.